The highest BCUT2D eigenvalue weighted by Gasteiger charge is 2.14. The number of likely N-dealkylation sites (N-methyl/N-ethyl adjacent to an activating group) is 1. The molecule has 8 heteroatoms. The molecule has 0 spiro atoms. The van der Waals surface area contributed by atoms with Crippen molar-refractivity contribution in [3.8, 4) is 0 Å². The molecule has 0 saturated heterocycles. The van der Waals surface area contributed by atoms with E-state index in [2.05, 4.69) is 4.72 Å². The van der Waals surface area contributed by atoms with E-state index in [0.29, 0.717) is 5.69 Å². The number of nitrogens with zero attached hydrogens (tertiary/aromatic N) is 1. The highest BCUT2D eigenvalue weighted by Crippen LogP contribution is 2.25. The van der Waals surface area contributed by atoms with Crippen LogP contribution >= 0.6 is 0 Å². The summed E-state index contributed by atoms with van der Waals surface area (Å²) < 4.78 is 25.3. The second-order valence-electron chi connectivity index (χ2n) is 3.75. The average Bonchev–Trinajstić information content (AvgIpc) is 2.27. The summed E-state index contributed by atoms with van der Waals surface area (Å²) in [5.74, 6) is -0.496. The molecular weight excluding hydrogens is 256 g/mol. The van der Waals surface area contributed by atoms with E-state index < -0.39 is 15.9 Å². The van der Waals surface area contributed by atoms with Crippen molar-refractivity contribution >= 4 is 27.3 Å². The highest BCUT2D eigenvalue weighted by atomic mass is 32.2. The van der Waals surface area contributed by atoms with Crippen LogP contribution in [0.25, 0.3) is 0 Å². The Kier molecular flexibility index (Phi) is 4.15. The standard InChI is InChI=1S/C10H16N4O3S/c1-13-18(16,17)7-3-4-9(8(11)5-7)14(2)6-10(12)15/h3-5,13H,6,11H2,1-2H3,(H2,12,15). The first kappa shape index (κ1) is 14.3. The second kappa shape index (κ2) is 5.23. The van der Waals surface area contributed by atoms with Gasteiger partial charge in [0.25, 0.3) is 0 Å². The van der Waals surface area contributed by atoms with E-state index in [-0.39, 0.29) is 17.1 Å². The van der Waals surface area contributed by atoms with Crippen molar-refractivity contribution < 1.29 is 13.2 Å². The van der Waals surface area contributed by atoms with Gasteiger partial charge in [0.2, 0.25) is 15.9 Å². The minimum atomic E-state index is -3.53. The third kappa shape index (κ3) is 3.11. The lowest BCUT2D eigenvalue weighted by atomic mass is 10.2. The third-order valence-corrected chi connectivity index (χ3v) is 3.79. The number of carbonyl (C=O) groups excluding carboxylic acids is 1. The molecule has 0 unspecified atom stereocenters. The number of anilines is 2. The monoisotopic (exact) mass is 272 g/mol. The molecule has 1 aromatic carbocycles. The molecule has 0 atom stereocenters. The molecule has 1 rings (SSSR count). The van der Waals surface area contributed by atoms with Crippen molar-refractivity contribution in [2.24, 2.45) is 5.73 Å². The fraction of sp³-hybridized carbons (Fsp3) is 0.300. The van der Waals surface area contributed by atoms with Crippen LogP contribution in [0.4, 0.5) is 11.4 Å². The molecule has 0 aliphatic heterocycles. The van der Waals surface area contributed by atoms with Crippen LogP contribution in [0.5, 0.6) is 0 Å². The van der Waals surface area contributed by atoms with Crippen LogP contribution in [0.1, 0.15) is 0 Å². The first-order chi connectivity index (χ1) is 8.27. The van der Waals surface area contributed by atoms with Crippen LogP contribution in [0.3, 0.4) is 0 Å². The Morgan fingerprint density at radius 3 is 2.50 bits per heavy atom. The fourth-order valence-electron chi connectivity index (χ4n) is 1.48. The van der Waals surface area contributed by atoms with Gasteiger partial charge in [-0.3, -0.25) is 4.79 Å². The van der Waals surface area contributed by atoms with Crippen molar-refractivity contribution in [2.45, 2.75) is 4.90 Å². The summed E-state index contributed by atoms with van der Waals surface area (Å²) in [6.45, 7) is 0.00231. The number of hydrogen-bond donors (Lipinski definition) is 3. The predicted octanol–water partition coefficient (Wildman–Crippen LogP) is -0.902. The van der Waals surface area contributed by atoms with Crippen molar-refractivity contribution in [2.75, 3.05) is 31.3 Å². The summed E-state index contributed by atoms with van der Waals surface area (Å²) in [7, 11) is -0.567. The SMILES string of the molecule is CNS(=O)(=O)c1ccc(N(C)CC(N)=O)c(N)c1. The molecule has 18 heavy (non-hydrogen) atoms. The van der Waals surface area contributed by atoms with E-state index >= 15 is 0 Å². The van der Waals surface area contributed by atoms with Crippen LogP contribution in [0.15, 0.2) is 23.1 Å². The van der Waals surface area contributed by atoms with E-state index in [4.69, 9.17) is 11.5 Å². The molecule has 0 radical (unpaired) electrons. The molecule has 0 fully saturated rings. The summed E-state index contributed by atoms with van der Waals surface area (Å²) in [6.07, 6.45) is 0. The van der Waals surface area contributed by atoms with Gasteiger partial charge in [-0.15, -0.1) is 0 Å². The molecule has 100 valence electrons. The van der Waals surface area contributed by atoms with Crippen molar-refractivity contribution in [1.82, 2.24) is 4.72 Å². The average molecular weight is 272 g/mol. The van der Waals surface area contributed by atoms with E-state index in [1.807, 2.05) is 0 Å². The minimum absolute atomic E-state index is 0.00231. The summed E-state index contributed by atoms with van der Waals surface area (Å²) in [5, 5.41) is 0. The maximum absolute atomic E-state index is 11.6. The van der Waals surface area contributed by atoms with Crippen molar-refractivity contribution in [1.29, 1.82) is 0 Å². The maximum atomic E-state index is 11.6. The first-order valence-electron chi connectivity index (χ1n) is 5.10. The molecule has 0 saturated carbocycles. The first-order valence-corrected chi connectivity index (χ1v) is 6.58. The largest absolute Gasteiger partial charge is 0.397 e. The van der Waals surface area contributed by atoms with Gasteiger partial charge in [0, 0.05) is 7.05 Å². The van der Waals surface area contributed by atoms with Crippen LogP contribution in [-0.4, -0.2) is 35.0 Å². The van der Waals surface area contributed by atoms with Crippen molar-refractivity contribution in [3.63, 3.8) is 0 Å². The zero-order chi connectivity index (χ0) is 13.9. The Balaban J connectivity index is 3.11. The molecule has 1 amide bonds. The second-order valence-corrected chi connectivity index (χ2v) is 5.64. The Labute approximate surface area is 106 Å². The lowest BCUT2D eigenvalue weighted by Crippen LogP contribution is -2.31. The van der Waals surface area contributed by atoms with Gasteiger partial charge in [0.1, 0.15) is 0 Å². The van der Waals surface area contributed by atoms with Crippen LogP contribution < -0.4 is 21.1 Å². The van der Waals surface area contributed by atoms with E-state index in [1.165, 1.54) is 25.2 Å². The number of hydrogen-bond acceptors (Lipinski definition) is 5. The molecule has 0 bridgehead atoms. The molecule has 0 aromatic heterocycles. The fourth-order valence-corrected chi connectivity index (χ4v) is 2.25. The Hall–Kier alpha value is -1.80. The van der Waals surface area contributed by atoms with Gasteiger partial charge in [0.05, 0.1) is 22.8 Å². The lowest BCUT2D eigenvalue weighted by Gasteiger charge is -2.19. The van der Waals surface area contributed by atoms with Gasteiger partial charge in [-0.1, -0.05) is 0 Å². The Morgan fingerprint density at radius 2 is 2.06 bits per heavy atom. The van der Waals surface area contributed by atoms with Gasteiger partial charge in [-0.05, 0) is 25.2 Å². The van der Waals surface area contributed by atoms with E-state index in [1.54, 1.807) is 11.9 Å². The predicted molar refractivity (Wildman–Crippen MR) is 69.6 cm³/mol. The van der Waals surface area contributed by atoms with Gasteiger partial charge < -0.3 is 16.4 Å². The number of primary amides is 1. The van der Waals surface area contributed by atoms with Crippen LogP contribution in [0.2, 0.25) is 0 Å². The van der Waals surface area contributed by atoms with E-state index in [9.17, 15) is 13.2 Å². The smallest absolute Gasteiger partial charge is 0.240 e. The number of nitrogen functional groups attached to an aromatic ring is 1. The number of amides is 1. The van der Waals surface area contributed by atoms with Gasteiger partial charge in [-0.2, -0.15) is 0 Å². The molecule has 1 aromatic rings. The maximum Gasteiger partial charge on any atom is 0.240 e. The number of nitrogens with one attached hydrogen (secondary N) is 1. The van der Waals surface area contributed by atoms with Gasteiger partial charge >= 0.3 is 0 Å². The zero-order valence-electron chi connectivity index (χ0n) is 10.2. The third-order valence-electron chi connectivity index (χ3n) is 2.38. The summed E-state index contributed by atoms with van der Waals surface area (Å²) >= 11 is 0. The number of nitrogens with two attached hydrogens (primary N) is 2. The molecule has 0 aliphatic carbocycles. The minimum Gasteiger partial charge on any atom is -0.397 e. The molecular formula is C10H16N4O3S. The Morgan fingerprint density at radius 1 is 1.44 bits per heavy atom. The summed E-state index contributed by atoms with van der Waals surface area (Å²) in [6, 6.07) is 4.27. The van der Waals surface area contributed by atoms with Crippen LogP contribution in [0, 0.1) is 0 Å². The van der Waals surface area contributed by atoms with Gasteiger partial charge in [-0.25, -0.2) is 13.1 Å². The van der Waals surface area contributed by atoms with Gasteiger partial charge in [0.15, 0.2) is 0 Å². The number of sulfonamides is 1. The lowest BCUT2D eigenvalue weighted by molar-refractivity contribution is -0.116. The highest BCUT2D eigenvalue weighted by molar-refractivity contribution is 7.89. The van der Waals surface area contributed by atoms with E-state index in [0.717, 1.165) is 0 Å². The van der Waals surface area contributed by atoms with Crippen LogP contribution in [-0.2, 0) is 14.8 Å². The molecule has 7 nitrogen and oxygen atoms in total. The molecule has 0 heterocycles. The quantitative estimate of drug-likeness (QED) is 0.600. The number of rotatable bonds is 5. The van der Waals surface area contributed by atoms with Crippen molar-refractivity contribution in [3.05, 3.63) is 18.2 Å². The molecule has 0 aliphatic rings. The topological polar surface area (TPSA) is 119 Å². The Bertz CT molecular complexity index is 556. The summed E-state index contributed by atoms with van der Waals surface area (Å²) in [5.41, 5.74) is 11.6. The molecule has 5 N–H and O–H groups in total. The number of benzene rings is 1. The normalized spacial score (nSPS) is 11.2. The number of carbonyl (C=O) groups is 1. The summed E-state index contributed by atoms with van der Waals surface area (Å²) in [4.78, 5) is 12.4. The zero-order valence-corrected chi connectivity index (χ0v) is 11.0.